The van der Waals surface area contributed by atoms with Crippen molar-refractivity contribution in [2.24, 2.45) is 17.6 Å². The minimum Gasteiger partial charge on any atom is -0.508 e. The van der Waals surface area contributed by atoms with Crippen molar-refractivity contribution in [3.8, 4) is 5.75 Å². The van der Waals surface area contributed by atoms with Crippen LogP contribution in [0.5, 0.6) is 5.75 Å². The number of primary amides is 1. The highest BCUT2D eigenvalue weighted by atomic mass is 16.5. The van der Waals surface area contributed by atoms with Gasteiger partial charge in [-0.15, -0.1) is 0 Å². The van der Waals surface area contributed by atoms with Gasteiger partial charge in [0.05, 0.1) is 23.8 Å². The van der Waals surface area contributed by atoms with Crippen molar-refractivity contribution < 1.29 is 39.5 Å². The number of hydrogen-bond donors (Lipinski definition) is 5. The van der Waals surface area contributed by atoms with Crippen LogP contribution >= 0.6 is 0 Å². The van der Waals surface area contributed by atoms with Gasteiger partial charge < -0.3 is 30.9 Å². The van der Waals surface area contributed by atoms with Gasteiger partial charge in [-0.25, -0.2) is 0 Å². The first-order valence-electron chi connectivity index (χ1n) is 11.8. The van der Waals surface area contributed by atoms with Crippen molar-refractivity contribution in [2.45, 2.75) is 49.5 Å². The Labute approximate surface area is 200 Å². The van der Waals surface area contributed by atoms with E-state index in [1.807, 2.05) is 4.90 Å². The Morgan fingerprint density at radius 1 is 1.11 bits per heavy atom. The second kappa shape index (κ2) is 7.39. The molecular weight excluding hydrogens is 456 g/mol. The SMILES string of the molecule is NC(=O)C1=C(O)C2(O)C(=O)C3=C(O)c4c(O)cccc4CC3CC2C(N2CC3CCC(C2)O3)C1=O. The molecule has 1 saturated carbocycles. The number of carbonyl (C=O) groups is 3. The van der Waals surface area contributed by atoms with Gasteiger partial charge in [0, 0.05) is 24.6 Å². The van der Waals surface area contributed by atoms with Gasteiger partial charge in [-0.05, 0) is 43.2 Å². The topological polar surface area (TPSA) is 171 Å². The van der Waals surface area contributed by atoms with Gasteiger partial charge in [-0.2, -0.15) is 0 Å². The summed E-state index contributed by atoms with van der Waals surface area (Å²) < 4.78 is 5.88. The Morgan fingerprint density at radius 3 is 2.46 bits per heavy atom. The number of amides is 1. The first-order valence-corrected chi connectivity index (χ1v) is 11.8. The molecular formula is C25H26N2O8. The minimum atomic E-state index is -2.62. The second-order valence-electron chi connectivity index (χ2n) is 10.2. The maximum Gasteiger partial charge on any atom is 0.255 e. The molecule has 3 aliphatic carbocycles. The lowest BCUT2D eigenvalue weighted by atomic mass is 9.57. The maximum atomic E-state index is 13.9. The van der Waals surface area contributed by atoms with Crippen molar-refractivity contribution in [1.29, 1.82) is 0 Å². The standard InChI is InChI=1S/C25H26N2O8/c26-24(33)18-21(30)19(27-8-12-4-5-13(9-27)35-12)14-7-11-6-10-2-1-3-15(28)16(10)20(29)17(11)22(31)25(14,34)23(18)32/h1-3,11-14,19,28-29,32,34H,4-9H2,(H2,26,33). The zero-order chi connectivity index (χ0) is 24.8. The minimum absolute atomic E-state index is 0.0932. The average Bonchev–Trinajstić information content (AvgIpc) is 3.13. The number of phenolic OH excluding ortho intramolecular Hbond substituents is 1. The molecule has 0 radical (unpaired) electrons. The van der Waals surface area contributed by atoms with Gasteiger partial charge in [-0.1, -0.05) is 12.1 Å². The summed E-state index contributed by atoms with van der Waals surface area (Å²) in [6.07, 6.45) is 1.83. The fourth-order valence-corrected chi connectivity index (χ4v) is 6.88. The summed E-state index contributed by atoms with van der Waals surface area (Å²) >= 11 is 0. The quantitative estimate of drug-likeness (QED) is 0.371. The molecule has 10 heteroatoms. The highest BCUT2D eigenvalue weighted by Gasteiger charge is 2.65. The van der Waals surface area contributed by atoms with E-state index in [2.05, 4.69) is 0 Å². The fourth-order valence-electron chi connectivity index (χ4n) is 6.88. The highest BCUT2D eigenvalue weighted by Crippen LogP contribution is 2.53. The Balaban J connectivity index is 1.52. The molecule has 5 aliphatic rings. The molecule has 2 heterocycles. The molecule has 0 aromatic heterocycles. The molecule has 6 rings (SSSR count). The molecule has 1 aromatic carbocycles. The summed E-state index contributed by atoms with van der Waals surface area (Å²) in [5.74, 6) is -6.33. The molecule has 6 N–H and O–H groups in total. The van der Waals surface area contributed by atoms with Crippen LogP contribution in [0.15, 0.2) is 35.1 Å². The van der Waals surface area contributed by atoms with E-state index in [0.717, 1.165) is 12.8 Å². The summed E-state index contributed by atoms with van der Waals surface area (Å²) in [6.45, 7) is 0.769. The van der Waals surface area contributed by atoms with Crippen LogP contribution in [0, 0.1) is 11.8 Å². The number of carbonyl (C=O) groups excluding carboxylic acids is 3. The number of morpholine rings is 1. The van der Waals surface area contributed by atoms with Crippen molar-refractivity contribution in [1.82, 2.24) is 4.90 Å². The van der Waals surface area contributed by atoms with Crippen LogP contribution in [-0.4, -0.2) is 79.7 Å². The molecule has 35 heavy (non-hydrogen) atoms. The number of aromatic hydroxyl groups is 1. The molecule has 1 aromatic rings. The highest BCUT2D eigenvalue weighted by molar-refractivity contribution is 6.24. The number of hydrogen-bond acceptors (Lipinski definition) is 9. The molecule has 6 atom stereocenters. The summed E-state index contributed by atoms with van der Waals surface area (Å²) in [5, 5.41) is 44.1. The largest absolute Gasteiger partial charge is 0.508 e. The lowest BCUT2D eigenvalue weighted by Crippen LogP contribution is -2.68. The molecule has 10 nitrogen and oxygen atoms in total. The zero-order valence-electron chi connectivity index (χ0n) is 18.8. The third kappa shape index (κ3) is 2.90. The van der Waals surface area contributed by atoms with Gasteiger partial charge in [-0.3, -0.25) is 19.3 Å². The number of rotatable bonds is 2. The molecule has 1 amide bonds. The maximum absolute atomic E-state index is 13.9. The Bertz CT molecular complexity index is 1240. The Hall–Kier alpha value is -3.21. The van der Waals surface area contributed by atoms with Gasteiger partial charge >= 0.3 is 0 Å². The van der Waals surface area contributed by atoms with E-state index in [1.54, 1.807) is 12.1 Å². The number of phenols is 1. The molecule has 2 saturated heterocycles. The van der Waals surface area contributed by atoms with Crippen LogP contribution in [0.4, 0.5) is 0 Å². The zero-order valence-corrected chi connectivity index (χ0v) is 18.8. The first-order chi connectivity index (χ1) is 16.6. The van der Waals surface area contributed by atoms with Crippen molar-refractivity contribution in [2.75, 3.05) is 13.1 Å². The molecule has 2 bridgehead atoms. The van der Waals surface area contributed by atoms with Crippen molar-refractivity contribution in [3.63, 3.8) is 0 Å². The number of Topliss-reactive ketones (excluding diaryl/α,β-unsaturated/α-hetero) is 2. The summed E-state index contributed by atoms with van der Waals surface area (Å²) in [6, 6.07) is 3.69. The predicted octanol–water partition coefficient (Wildman–Crippen LogP) is 0.266. The smallest absolute Gasteiger partial charge is 0.255 e. The fraction of sp³-hybridized carbons (Fsp3) is 0.480. The van der Waals surface area contributed by atoms with Crippen LogP contribution in [0.3, 0.4) is 0 Å². The van der Waals surface area contributed by atoms with E-state index in [9.17, 15) is 34.8 Å². The van der Waals surface area contributed by atoms with Crippen molar-refractivity contribution >= 4 is 23.2 Å². The third-order valence-electron chi connectivity index (χ3n) is 8.37. The second-order valence-corrected chi connectivity index (χ2v) is 10.2. The number of nitrogens with two attached hydrogens (primary N) is 1. The summed E-state index contributed by atoms with van der Waals surface area (Å²) in [7, 11) is 0. The number of aliphatic hydroxyl groups excluding tert-OH is 2. The normalized spacial score (nSPS) is 36.7. The van der Waals surface area contributed by atoms with Gasteiger partial charge in [0.2, 0.25) is 5.78 Å². The van der Waals surface area contributed by atoms with Gasteiger partial charge in [0.1, 0.15) is 22.8 Å². The lowest BCUT2D eigenvalue weighted by Gasteiger charge is -2.52. The predicted molar refractivity (Wildman–Crippen MR) is 120 cm³/mol. The molecule has 0 spiro atoms. The number of ketones is 2. The first kappa shape index (κ1) is 22.3. The number of likely N-dealkylation sites (tertiary alicyclic amines) is 1. The number of fused-ring (bicyclic) bond motifs is 5. The summed E-state index contributed by atoms with van der Waals surface area (Å²) in [5.41, 5.74) is 2.62. The molecule has 184 valence electrons. The van der Waals surface area contributed by atoms with Crippen LogP contribution < -0.4 is 5.73 Å². The van der Waals surface area contributed by atoms with E-state index in [1.165, 1.54) is 6.07 Å². The third-order valence-corrected chi connectivity index (χ3v) is 8.37. The van der Waals surface area contributed by atoms with E-state index in [4.69, 9.17) is 10.5 Å². The van der Waals surface area contributed by atoms with Crippen LogP contribution in [0.2, 0.25) is 0 Å². The van der Waals surface area contributed by atoms with Crippen molar-refractivity contribution in [3.05, 3.63) is 46.2 Å². The van der Waals surface area contributed by atoms with Crippen LogP contribution in [0.1, 0.15) is 30.4 Å². The monoisotopic (exact) mass is 482 g/mol. The van der Waals surface area contributed by atoms with E-state index in [0.29, 0.717) is 25.1 Å². The van der Waals surface area contributed by atoms with Crippen LogP contribution in [-0.2, 0) is 25.5 Å². The van der Waals surface area contributed by atoms with E-state index < -0.39 is 58.0 Å². The van der Waals surface area contributed by atoms with Gasteiger partial charge in [0.15, 0.2) is 11.4 Å². The Morgan fingerprint density at radius 2 is 1.80 bits per heavy atom. The number of benzene rings is 1. The van der Waals surface area contributed by atoms with E-state index >= 15 is 0 Å². The Kier molecular flexibility index (Phi) is 4.70. The number of aliphatic hydroxyl groups is 3. The molecule has 6 unspecified atom stereocenters. The lowest BCUT2D eigenvalue weighted by molar-refractivity contribution is -0.159. The van der Waals surface area contributed by atoms with Gasteiger partial charge in [0.25, 0.3) is 5.91 Å². The summed E-state index contributed by atoms with van der Waals surface area (Å²) in [4.78, 5) is 41.5. The van der Waals surface area contributed by atoms with E-state index in [-0.39, 0.29) is 35.5 Å². The number of ether oxygens (including phenoxy) is 1. The molecule has 3 fully saturated rings. The molecule has 2 aliphatic heterocycles. The number of nitrogens with zero attached hydrogens (tertiary/aromatic N) is 1. The average molecular weight is 482 g/mol. The van der Waals surface area contributed by atoms with Crippen LogP contribution in [0.25, 0.3) is 5.76 Å².